The van der Waals surface area contributed by atoms with Crippen LogP contribution >= 0.6 is 10.3 Å². The van der Waals surface area contributed by atoms with Crippen LogP contribution in [-0.4, -0.2) is 25.0 Å². The topological polar surface area (TPSA) is 21.6 Å². The highest BCUT2D eigenvalue weighted by atomic mass is 32.3. The lowest BCUT2D eigenvalue weighted by Crippen LogP contribution is -1.97. The first-order valence-corrected chi connectivity index (χ1v) is 7.62. The van der Waals surface area contributed by atoms with Crippen LogP contribution in [0.5, 0.6) is 0 Å². The molecule has 1 aromatic carbocycles. The van der Waals surface area contributed by atoms with Crippen molar-refractivity contribution in [2.24, 2.45) is 4.99 Å². The van der Waals surface area contributed by atoms with Gasteiger partial charge in [-0.25, -0.2) is 13.8 Å². The predicted octanol–water partition coefficient (Wildman–Crippen LogP) is 3.48. The van der Waals surface area contributed by atoms with Crippen molar-refractivity contribution in [1.29, 1.82) is 0 Å². The molecule has 0 N–H and O–H groups in total. The Kier molecular flexibility index (Phi) is 4.28. The molecule has 1 rings (SSSR count). The van der Waals surface area contributed by atoms with Crippen LogP contribution < -0.4 is 0 Å². The summed E-state index contributed by atoms with van der Waals surface area (Å²) in [5.41, 5.74) is 0.456. The maximum absolute atomic E-state index is 12.9. The average molecular weight is 259 g/mol. The summed E-state index contributed by atoms with van der Waals surface area (Å²) in [6, 6.07) is 3.55. The van der Waals surface area contributed by atoms with Gasteiger partial charge in [0.05, 0.1) is 0 Å². The molecule has 0 amide bonds. The molecule has 0 atom stereocenters. The fourth-order valence-electron chi connectivity index (χ4n) is 1.05. The van der Waals surface area contributed by atoms with E-state index in [4.69, 9.17) is 4.18 Å². The first-order valence-electron chi connectivity index (χ1n) is 4.84. The molecule has 0 saturated carbocycles. The Bertz CT molecular complexity index is 452. The SMILES string of the molecule is C=C(/N=C/c1ccc(F)c(F)c1)OS(C)(C)C. The summed E-state index contributed by atoms with van der Waals surface area (Å²) in [6.07, 6.45) is 7.23. The molecule has 2 nitrogen and oxygen atoms in total. The Morgan fingerprint density at radius 2 is 1.94 bits per heavy atom. The third kappa shape index (κ3) is 4.99. The lowest BCUT2D eigenvalue weighted by molar-refractivity contribution is 0.482. The van der Waals surface area contributed by atoms with Crippen LogP contribution in [0.15, 0.2) is 35.7 Å². The van der Waals surface area contributed by atoms with E-state index in [2.05, 4.69) is 11.6 Å². The van der Waals surface area contributed by atoms with Gasteiger partial charge in [0.25, 0.3) is 0 Å². The molecule has 17 heavy (non-hydrogen) atoms. The molecular formula is C12H15F2NOS. The Morgan fingerprint density at radius 1 is 1.29 bits per heavy atom. The largest absolute Gasteiger partial charge is 0.430 e. The molecule has 0 spiro atoms. The predicted molar refractivity (Wildman–Crippen MR) is 69.5 cm³/mol. The summed E-state index contributed by atoms with van der Waals surface area (Å²) in [5, 5.41) is 0. The summed E-state index contributed by atoms with van der Waals surface area (Å²) in [4.78, 5) is 3.94. The van der Waals surface area contributed by atoms with Gasteiger partial charge in [0.1, 0.15) is 0 Å². The Morgan fingerprint density at radius 3 is 2.47 bits per heavy atom. The van der Waals surface area contributed by atoms with Gasteiger partial charge in [0.15, 0.2) is 11.6 Å². The minimum Gasteiger partial charge on any atom is -0.430 e. The fraction of sp³-hybridized carbons (Fsp3) is 0.250. The van der Waals surface area contributed by atoms with E-state index in [-0.39, 0.29) is 5.88 Å². The van der Waals surface area contributed by atoms with Crippen molar-refractivity contribution in [2.45, 2.75) is 0 Å². The molecule has 1 aromatic rings. The number of hydrogen-bond acceptors (Lipinski definition) is 2. The Labute approximate surface area is 102 Å². The molecule has 0 radical (unpaired) electrons. The van der Waals surface area contributed by atoms with Gasteiger partial charge in [-0.2, -0.15) is 0 Å². The zero-order valence-electron chi connectivity index (χ0n) is 10.0. The molecule has 0 aliphatic rings. The van der Waals surface area contributed by atoms with Crippen molar-refractivity contribution < 1.29 is 13.0 Å². The maximum atomic E-state index is 12.9. The molecule has 0 heterocycles. The lowest BCUT2D eigenvalue weighted by Gasteiger charge is -2.25. The summed E-state index contributed by atoms with van der Waals surface area (Å²) >= 11 is 0. The first kappa shape index (κ1) is 13.7. The highest BCUT2D eigenvalue weighted by Crippen LogP contribution is 2.38. The number of rotatable bonds is 4. The van der Waals surface area contributed by atoms with Crippen LogP contribution in [0.1, 0.15) is 5.56 Å². The van der Waals surface area contributed by atoms with E-state index in [1.165, 1.54) is 12.3 Å². The van der Waals surface area contributed by atoms with E-state index in [0.29, 0.717) is 5.56 Å². The van der Waals surface area contributed by atoms with Crippen LogP contribution in [0.2, 0.25) is 0 Å². The second-order valence-electron chi connectivity index (χ2n) is 4.13. The monoisotopic (exact) mass is 259 g/mol. The molecule has 5 heteroatoms. The van der Waals surface area contributed by atoms with Gasteiger partial charge in [-0.05, 0) is 43.0 Å². The molecule has 0 bridgehead atoms. The van der Waals surface area contributed by atoms with Gasteiger partial charge in [0, 0.05) is 6.21 Å². The van der Waals surface area contributed by atoms with E-state index in [9.17, 15) is 8.78 Å². The molecular weight excluding hydrogens is 244 g/mol. The van der Waals surface area contributed by atoms with Crippen molar-refractivity contribution in [3.8, 4) is 0 Å². The smallest absolute Gasteiger partial charge is 0.217 e. The molecule has 0 fully saturated rings. The van der Waals surface area contributed by atoms with Crippen LogP contribution in [0.25, 0.3) is 0 Å². The van der Waals surface area contributed by atoms with Gasteiger partial charge in [0.2, 0.25) is 5.88 Å². The standard InChI is InChI=1S/C12H15F2NOS/c1-9(16-17(2,3)4)15-8-10-5-6-11(13)12(14)7-10/h5-8H,1H2,2-4H3/b15-8+. The summed E-state index contributed by atoms with van der Waals surface area (Å²) in [6.45, 7) is 3.63. The van der Waals surface area contributed by atoms with E-state index < -0.39 is 21.9 Å². The first-order chi connectivity index (χ1) is 7.78. The van der Waals surface area contributed by atoms with Gasteiger partial charge in [-0.3, -0.25) is 0 Å². The van der Waals surface area contributed by atoms with Gasteiger partial charge < -0.3 is 4.18 Å². The van der Waals surface area contributed by atoms with Crippen molar-refractivity contribution in [2.75, 3.05) is 18.8 Å². The van der Waals surface area contributed by atoms with Crippen molar-refractivity contribution in [3.63, 3.8) is 0 Å². The Balaban J connectivity index is 2.71. The number of aliphatic imine (C=N–C) groups is 1. The number of benzene rings is 1. The van der Waals surface area contributed by atoms with Gasteiger partial charge >= 0.3 is 0 Å². The van der Waals surface area contributed by atoms with Crippen LogP contribution in [0, 0.1) is 11.6 Å². The van der Waals surface area contributed by atoms with E-state index in [1.54, 1.807) is 0 Å². The molecule has 0 saturated heterocycles. The molecule has 94 valence electrons. The zero-order chi connectivity index (χ0) is 13.1. The van der Waals surface area contributed by atoms with Gasteiger partial charge in [-0.15, -0.1) is 0 Å². The van der Waals surface area contributed by atoms with E-state index in [0.717, 1.165) is 12.1 Å². The summed E-state index contributed by atoms with van der Waals surface area (Å²) in [5.74, 6) is -1.52. The molecule has 0 unspecified atom stereocenters. The number of hydrogen-bond donors (Lipinski definition) is 0. The van der Waals surface area contributed by atoms with Crippen LogP contribution in [-0.2, 0) is 4.18 Å². The maximum Gasteiger partial charge on any atom is 0.217 e. The minimum atomic E-state index is -1.19. The normalized spacial score (nSPS) is 12.8. The number of halogens is 2. The molecule has 0 aliphatic carbocycles. The van der Waals surface area contributed by atoms with Crippen molar-refractivity contribution in [3.05, 3.63) is 47.9 Å². The summed E-state index contributed by atoms with van der Waals surface area (Å²) in [7, 11) is -1.19. The Hall–Kier alpha value is -1.36. The van der Waals surface area contributed by atoms with Crippen LogP contribution in [0.3, 0.4) is 0 Å². The highest BCUT2D eigenvalue weighted by Gasteiger charge is 2.05. The molecule has 0 aromatic heterocycles. The second-order valence-corrected chi connectivity index (χ2v) is 7.75. The average Bonchev–Trinajstić information content (AvgIpc) is 2.17. The van der Waals surface area contributed by atoms with Gasteiger partial charge in [-0.1, -0.05) is 16.4 Å². The second kappa shape index (κ2) is 5.31. The van der Waals surface area contributed by atoms with Crippen LogP contribution in [0.4, 0.5) is 8.78 Å². The van der Waals surface area contributed by atoms with E-state index >= 15 is 0 Å². The molecule has 0 aliphatic heterocycles. The van der Waals surface area contributed by atoms with Crippen molar-refractivity contribution >= 4 is 16.5 Å². The van der Waals surface area contributed by atoms with Crippen molar-refractivity contribution in [1.82, 2.24) is 0 Å². The summed E-state index contributed by atoms with van der Waals surface area (Å²) < 4.78 is 31.0. The lowest BCUT2D eigenvalue weighted by atomic mass is 10.2. The third-order valence-corrected chi connectivity index (χ3v) is 2.34. The minimum absolute atomic E-state index is 0.261. The fourth-order valence-corrected chi connectivity index (χ4v) is 1.67. The van der Waals surface area contributed by atoms with E-state index in [1.807, 2.05) is 18.8 Å². The third-order valence-electron chi connectivity index (χ3n) is 1.65. The number of nitrogens with zero attached hydrogens (tertiary/aromatic N) is 1. The highest BCUT2D eigenvalue weighted by molar-refractivity contribution is 8.28. The zero-order valence-corrected chi connectivity index (χ0v) is 10.9. The quantitative estimate of drug-likeness (QED) is 0.599.